The first-order valence-electron chi connectivity index (χ1n) is 8.75. The third-order valence-corrected chi connectivity index (χ3v) is 3.57. The molecule has 6 nitrogen and oxygen atoms in total. The topological polar surface area (TPSA) is 76.7 Å². The maximum atomic E-state index is 12.6. The molecule has 2 N–H and O–H groups in total. The first-order valence-corrected chi connectivity index (χ1v) is 8.75. The summed E-state index contributed by atoms with van der Waals surface area (Å²) in [5, 5.41) is 5.72. The molecule has 2 aromatic rings. The van der Waals surface area contributed by atoms with Crippen molar-refractivity contribution in [1.82, 2.24) is 5.32 Å². The van der Waals surface area contributed by atoms with Crippen LogP contribution in [0.25, 0.3) is 0 Å². The normalized spacial score (nSPS) is 11.0. The molecule has 0 unspecified atom stereocenters. The van der Waals surface area contributed by atoms with E-state index in [1.807, 2.05) is 26.8 Å². The lowest BCUT2D eigenvalue weighted by atomic mass is 10.1. The molecule has 0 atom stereocenters. The van der Waals surface area contributed by atoms with Gasteiger partial charge in [-0.1, -0.05) is 12.1 Å². The summed E-state index contributed by atoms with van der Waals surface area (Å²) in [6, 6.07) is 13.8. The number of hydrogen-bond acceptors (Lipinski definition) is 4. The van der Waals surface area contributed by atoms with Crippen molar-refractivity contribution in [3.8, 4) is 5.75 Å². The second-order valence-corrected chi connectivity index (χ2v) is 7.07. The number of para-hydroxylation sites is 1. The van der Waals surface area contributed by atoms with Crippen molar-refractivity contribution in [3.05, 3.63) is 59.7 Å². The van der Waals surface area contributed by atoms with Gasteiger partial charge in [0, 0.05) is 23.9 Å². The quantitative estimate of drug-likeness (QED) is 0.732. The molecular formula is C21H26N2O4. The van der Waals surface area contributed by atoms with E-state index in [1.165, 1.54) is 0 Å². The van der Waals surface area contributed by atoms with Crippen molar-refractivity contribution in [1.29, 1.82) is 0 Å². The molecule has 0 radical (unpaired) electrons. The highest BCUT2D eigenvalue weighted by atomic mass is 16.5. The van der Waals surface area contributed by atoms with Gasteiger partial charge < -0.3 is 20.1 Å². The Balaban J connectivity index is 2.05. The molecule has 0 aromatic heterocycles. The molecule has 6 heteroatoms. The van der Waals surface area contributed by atoms with E-state index < -0.39 is 0 Å². The lowest BCUT2D eigenvalue weighted by Gasteiger charge is -2.20. The number of hydrogen-bond donors (Lipinski definition) is 2. The van der Waals surface area contributed by atoms with Gasteiger partial charge in [-0.15, -0.1) is 0 Å². The maximum Gasteiger partial charge on any atom is 0.259 e. The van der Waals surface area contributed by atoms with Gasteiger partial charge in [0.05, 0.1) is 12.2 Å². The summed E-state index contributed by atoms with van der Waals surface area (Å²) < 4.78 is 10.6. The average molecular weight is 370 g/mol. The fraction of sp³-hybridized carbons (Fsp3) is 0.333. The molecule has 27 heavy (non-hydrogen) atoms. The molecule has 0 saturated carbocycles. The van der Waals surface area contributed by atoms with E-state index in [9.17, 15) is 9.59 Å². The number of anilines is 1. The molecule has 0 aliphatic rings. The van der Waals surface area contributed by atoms with Gasteiger partial charge in [0.25, 0.3) is 11.8 Å². The molecule has 0 aliphatic heterocycles. The van der Waals surface area contributed by atoms with Gasteiger partial charge >= 0.3 is 0 Å². The Kier molecular flexibility index (Phi) is 6.96. The second-order valence-electron chi connectivity index (χ2n) is 7.07. The lowest BCUT2D eigenvalue weighted by molar-refractivity contribution is 0.0919. The van der Waals surface area contributed by atoms with Gasteiger partial charge in [-0.05, 0) is 57.2 Å². The Labute approximate surface area is 159 Å². The lowest BCUT2D eigenvalue weighted by Crippen LogP contribution is -2.40. The van der Waals surface area contributed by atoms with Gasteiger partial charge in [0.15, 0.2) is 0 Å². The summed E-state index contributed by atoms with van der Waals surface area (Å²) in [6.45, 7) is 6.56. The minimum Gasteiger partial charge on any atom is -0.490 e. The molecule has 0 aliphatic carbocycles. The molecule has 0 spiro atoms. The zero-order valence-electron chi connectivity index (χ0n) is 16.2. The van der Waals surface area contributed by atoms with Crippen LogP contribution in [0, 0.1) is 0 Å². The number of benzene rings is 2. The third-order valence-electron chi connectivity index (χ3n) is 3.57. The number of methoxy groups -OCH3 is 1. The van der Waals surface area contributed by atoms with E-state index in [2.05, 4.69) is 10.6 Å². The van der Waals surface area contributed by atoms with Crippen LogP contribution in [-0.2, 0) is 4.74 Å². The highest BCUT2D eigenvalue weighted by Gasteiger charge is 2.16. The predicted molar refractivity (Wildman–Crippen MR) is 105 cm³/mol. The van der Waals surface area contributed by atoms with Crippen LogP contribution < -0.4 is 15.4 Å². The van der Waals surface area contributed by atoms with Gasteiger partial charge in [-0.25, -0.2) is 0 Å². The van der Waals surface area contributed by atoms with Crippen molar-refractivity contribution in [2.24, 2.45) is 0 Å². The van der Waals surface area contributed by atoms with E-state index >= 15 is 0 Å². The third kappa shape index (κ3) is 6.42. The Hall–Kier alpha value is -2.86. The SMILES string of the molecule is COCCOc1ccccc1C(=O)Nc1ccc(C(=O)NC(C)(C)C)cc1. The predicted octanol–water partition coefficient (Wildman–Crippen LogP) is 3.49. The summed E-state index contributed by atoms with van der Waals surface area (Å²) in [5.41, 5.74) is 1.25. The van der Waals surface area contributed by atoms with Crippen molar-refractivity contribution in [2.75, 3.05) is 25.6 Å². The highest BCUT2D eigenvalue weighted by Crippen LogP contribution is 2.20. The molecule has 0 saturated heterocycles. The van der Waals surface area contributed by atoms with Crippen molar-refractivity contribution in [2.45, 2.75) is 26.3 Å². The van der Waals surface area contributed by atoms with Crippen LogP contribution in [0.2, 0.25) is 0 Å². The number of nitrogens with one attached hydrogen (secondary N) is 2. The molecule has 0 bridgehead atoms. The molecule has 2 rings (SSSR count). The van der Waals surface area contributed by atoms with Crippen LogP contribution >= 0.6 is 0 Å². The molecule has 2 aromatic carbocycles. The largest absolute Gasteiger partial charge is 0.490 e. The van der Waals surface area contributed by atoms with E-state index in [4.69, 9.17) is 9.47 Å². The monoisotopic (exact) mass is 370 g/mol. The maximum absolute atomic E-state index is 12.6. The van der Waals surface area contributed by atoms with Gasteiger partial charge in [-0.3, -0.25) is 9.59 Å². The molecule has 2 amide bonds. The standard InChI is InChI=1S/C21H26N2O4/c1-21(2,3)23-19(24)15-9-11-16(12-10-15)22-20(25)17-7-5-6-8-18(17)27-14-13-26-4/h5-12H,13-14H2,1-4H3,(H,22,25)(H,23,24). The first kappa shape index (κ1) is 20.5. The van der Waals surface area contributed by atoms with E-state index in [0.717, 1.165) is 0 Å². The van der Waals surface area contributed by atoms with Crippen molar-refractivity contribution >= 4 is 17.5 Å². The first-order chi connectivity index (χ1) is 12.8. The Morgan fingerprint density at radius 1 is 0.926 bits per heavy atom. The number of ether oxygens (including phenoxy) is 2. The van der Waals surface area contributed by atoms with E-state index in [-0.39, 0.29) is 17.4 Å². The fourth-order valence-electron chi connectivity index (χ4n) is 2.33. The van der Waals surface area contributed by atoms with Gasteiger partial charge in [-0.2, -0.15) is 0 Å². The summed E-state index contributed by atoms with van der Waals surface area (Å²) in [6.07, 6.45) is 0. The zero-order valence-corrected chi connectivity index (χ0v) is 16.2. The Morgan fingerprint density at radius 2 is 1.59 bits per heavy atom. The number of carbonyl (C=O) groups is 2. The Bertz CT molecular complexity index is 780. The smallest absolute Gasteiger partial charge is 0.259 e. The van der Waals surface area contributed by atoms with Gasteiger partial charge in [0.1, 0.15) is 12.4 Å². The second kappa shape index (κ2) is 9.19. The summed E-state index contributed by atoms with van der Waals surface area (Å²) >= 11 is 0. The number of rotatable bonds is 7. The van der Waals surface area contributed by atoms with Crippen LogP contribution in [-0.4, -0.2) is 37.7 Å². The van der Waals surface area contributed by atoms with Crippen LogP contribution in [0.1, 0.15) is 41.5 Å². The van der Waals surface area contributed by atoms with Crippen LogP contribution in [0.5, 0.6) is 5.75 Å². The van der Waals surface area contributed by atoms with Crippen molar-refractivity contribution < 1.29 is 19.1 Å². The molecule has 144 valence electrons. The number of carbonyl (C=O) groups excluding carboxylic acids is 2. The minimum atomic E-state index is -0.309. The summed E-state index contributed by atoms with van der Waals surface area (Å²) in [7, 11) is 1.59. The zero-order chi connectivity index (χ0) is 19.9. The van der Waals surface area contributed by atoms with E-state index in [1.54, 1.807) is 49.6 Å². The Morgan fingerprint density at radius 3 is 2.22 bits per heavy atom. The van der Waals surface area contributed by atoms with Crippen LogP contribution in [0.15, 0.2) is 48.5 Å². The fourth-order valence-corrected chi connectivity index (χ4v) is 2.33. The van der Waals surface area contributed by atoms with E-state index in [0.29, 0.717) is 35.8 Å². The minimum absolute atomic E-state index is 0.155. The average Bonchev–Trinajstić information content (AvgIpc) is 2.61. The summed E-state index contributed by atoms with van der Waals surface area (Å²) in [5.74, 6) is 0.0559. The van der Waals surface area contributed by atoms with Crippen LogP contribution in [0.3, 0.4) is 0 Å². The van der Waals surface area contributed by atoms with Crippen molar-refractivity contribution in [3.63, 3.8) is 0 Å². The molecular weight excluding hydrogens is 344 g/mol. The van der Waals surface area contributed by atoms with Gasteiger partial charge in [0.2, 0.25) is 0 Å². The molecule has 0 fully saturated rings. The molecule has 0 heterocycles. The summed E-state index contributed by atoms with van der Waals surface area (Å²) in [4.78, 5) is 24.7. The number of amides is 2. The highest BCUT2D eigenvalue weighted by molar-refractivity contribution is 6.06. The van der Waals surface area contributed by atoms with Crippen LogP contribution in [0.4, 0.5) is 5.69 Å².